The van der Waals surface area contributed by atoms with E-state index in [9.17, 15) is 4.79 Å². The molecular weight excluding hydrogens is 691 g/mol. The van der Waals surface area contributed by atoms with Crippen molar-refractivity contribution in [2.75, 3.05) is 0 Å². The second-order valence-corrected chi connectivity index (χ2v) is 16.9. The summed E-state index contributed by atoms with van der Waals surface area (Å²) in [6.45, 7) is 22.4. The van der Waals surface area contributed by atoms with Gasteiger partial charge in [0.15, 0.2) is 0 Å². The third-order valence-electron chi connectivity index (χ3n) is 10.3. The van der Waals surface area contributed by atoms with Gasteiger partial charge in [0.2, 0.25) is 0 Å². The maximum atomic E-state index is 13.5. The molecule has 0 saturated carbocycles. The second kappa shape index (κ2) is 14.2. The fourth-order valence-corrected chi connectivity index (χ4v) is 8.41. The lowest BCUT2D eigenvalue weighted by Gasteiger charge is -2.26. The summed E-state index contributed by atoms with van der Waals surface area (Å²) in [5.41, 5.74) is 8.37. The Hall–Kier alpha value is -5.19. The average molecular weight is 741 g/mol. The van der Waals surface area contributed by atoms with Crippen LogP contribution in [0.3, 0.4) is 0 Å². The number of fused-ring (bicyclic) bond motifs is 7. The molecule has 0 aliphatic carbocycles. The van der Waals surface area contributed by atoms with Gasteiger partial charge in [-0.3, -0.25) is 0 Å². The molecule has 0 fully saturated rings. The molecule has 278 valence electrons. The van der Waals surface area contributed by atoms with Gasteiger partial charge in [0.25, 0.3) is 0 Å². The standard InChI is InChI=1S/C47H49O6P/c1-26(2)36-24-28(5)30(7)40(44(36)49-46(48)50-47(9,10)11)41-31(8)29(6)25-37(27(3)4)45(41)53-54-51-38-22-20-32-16-12-14-18-34(32)42(38)43-35-19-15-13-17-33(35)21-23-39(43)52-54/h12-27H,1-11H3. The van der Waals surface area contributed by atoms with Gasteiger partial charge in [-0.05, 0) is 127 Å². The lowest BCUT2D eigenvalue weighted by atomic mass is 9.84. The molecule has 1 aromatic heterocycles. The lowest BCUT2D eigenvalue weighted by molar-refractivity contribution is 0.0205. The summed E-state index contributed by atoms with van der Waals surface area (Å²) in [7, 11) is -2.04. The first-order valence-corrected chi connectivity index (χ1v) is 19.8. The zero-order valence-corrected chi connectivity index (χ0v) is 34.0. The molecule has 0 saturated heterocycles. The zero-order valence-electron chi connectivity index (χ0n) is 33.1. The number of ether oxygens (including phenoxy) is 2. The average Bonchev–Trinajstić information content (AvgIpc) is 3.27. The number of hydrogen-bond donors (Lipinski definition) is 0. The summed E-state index contributed by atoms with van der Waals surface area (Å²) in [5, 5.41) is 6.31. The van der Waals surface area contributed by atoms with Gasteiger partial charge in [-0.15, -0.1) is 0 Å². The Bertz CT molecular complexity index is 2540. The highest BCUT2D eigenvalue weighted by atomic mass is 31.1. The number of hydrogen-bond acceptors (Lipinski definition) is 6. The van der Waals surface area contributed by atoms with Gasteiger partial charge in [-0.2, -0.15) is 0 Å². The van der Waals surface area contributed by atoms with Crippen molar-refractivity contribution in [2.24, 2.45) is 0 Å². The summed E-state index contributed by atoms with van der Waals surface area (Å²) in [4.78, 5) is 13.5. The van der Waals surface area contributed by atoms with Crippen LogP contribution >= 0.6 is 8.24 Å². The summed E-state index contributed by atoms with van der Waals surface area (Å²) in [6.07, 6.45) is -0.752. The summed E-state index contributed by atoms with van der Waals surface area (Å²) in [5.74, 6) is 1.25. The largest absolute Gasteiger partial charge is 0.514 e. The molecule has 7 rings (SSSR count). The minimum atomic E-state index is -2.04. The van der Waals surface area contributed by atoms with Crippen LogP contribution in [0.25, 0.3) is 54.6 Å². The van der Waals surface area contributed by atoms with Crippen LogP contribution in [0.5, 0.6) is 11.5 Å². The molecule has 54 heavy (non-hydrogen) atoms. The first-order chi connectivity index (χ1) is 25.6. The zero-order chi connectivity index (χ0) is 38.6. The molecule has 0 N–H and O–H groups in total. The monoisotopic (exact) mass is 740 g/mol. The van der Waals surface area contributed by atoms with Crippen molar-refractivity contribution in [1.82, 2.24) is 0 Å². The van der Waals surface area contributed by atoms with E-state index >= 15 is 0 Å². The van der Waals surface area contributed by atoms with E-state index in [1.165, 1.54) is 0 Å². The number of carbonyl (C=O) groups excluding carboxylic acids is 1. The third-order valence-corrected chi connectivity index (χ3v) is 11.3. The van der Waals surface area contributed by atoms with Gasteiger partial charge in [0, 0.05) is 21.9 Å². The quantitative estimate of drug-likeness (QED) is 0.125. The topological polar surface area (TPSA) is 71.0 Å². The van der Waals surface area contributed by atoms with Gasteiger partial charge in [0.1, 0.15) is 28.3 Å². The summed E-state index contributed by atoms with van der Waals surface area (Å²) < 4.78 is 32.9. The van der Waals surface area contributed by atoms with Crippen LogP contribution in [0.2, 0.25) is 0 Å². The molecule has 0 spiro atoms. The van der Waals surface area contributed by atoms with E-state index < -0.39 is 20.0 Å². The summed E-state index contributed by atoms with van der Waals surface area (Å²) >= 11 is 0. The van der Waals surface area contributed by atoms with Gasteiger partial charge >= 0.3 is 14.4 Å². The van der Waals surface area contributed by atoms with E-state index in [0.29, 0.717) is 22.7 Å². The number of aryl methyl sites for hydroxylation is 2. The molecule has 0 amide bonds. The van der Waals surface area contributed by atoms with Crippen LogP contribution in [0.15, 0.2) is 93.3 Å². The van der Waals surface area contributed by atoms with Gasteiger partial charge in [-0.1, -0.05) is 100 Å². The fraction of sp³-hybridized carbons (Fsp3) is 0.298. The number of rotatable bonds is 6. The number of benzene rings is 6. The Kier molecular flexibility index (Phi) is 9.78. The Labute approximate surface area is 318 Å². The van der Waals surface area contributed by atoms with Crippen LogP contribution in [0.4, 0.5) is 4.79 Å². The van der Waals surface area contributed by atoms with Crippen LogP contribution in [-0.4, -0.2) is 11.8 Å². The Morgan fingerprint density at radius 3 is 1.54 bits per heavy atom. The molecule has 7 heteroatoms. The van der Waals surface area contributed by atoms with Crippen molar-refractivity contribution in [3.05, 3.63) is 118 Å². The molecule has 0 unspecified atom stereocenters. The van der Waals surface area contributed by atoms with Crippen LogP contribution in [0, 0.1) is 27.7 Å². The predicted octanol–water partition coefficient (Wildman–Crippen LogP) is 14.9. The van der Waals surface area contributed by atoms with E-state index in [1.807, 2.05) is 32.9 Å². The summed E-state index contributed by atoms with van der Waals surface area (Å²) in [6, 6.07) is 29.2. The van der Waals surface area contributed by atoms with Crippen molar-refractivity contribution < 1.29 is 27.2 Å². The molecule has 6 aromatic carbocycles. The van der Waals surface area contributed by atoms with E-state index in [0.717, 1.165) is 76.8 Å². The van der Waals surface area contributed by atoms with Gasteiger partial charge in [-0.25, -0.2) is 4.79 Å². The Balaban J connectivity index is 1.57. The molecule has 0 atom stereocenters. The van der Waals surface area contributed by atoms with E-state index in [1.54, 1.807) is 0 Å². The van der Waals surface area contributed by atoms with Gasteiger partial charge in [0.05, 0.1) is 0 Å². The first-order valence-electron chi connectivity index (χ1n) is 18.7. The minimum absolute atomic E-state index is 0.0510. The maximum Gasteiger partial charge on any atom is 0.514 e. The van der Waals surface area contributed by atoms with E-state index in [2.05, 4.69) is 128 Å². The van der Waals surface area contributed by atoms with Crippen LogP contribution in [0.1, 0.15) is 93.7 Å². The fourth-order valence-electron chi connectivity index (χ4n) is 7.32. The number of carbonyl (C=O) groups is 1. The molecule has 6 nitrogen and oxygen atoms in total. The van der Waals surface area contributed by atoms with Crippen molar-refractivity contribution in [2.45, 2.75) is 93.6 Å². The highest BCUT2D eigenvalue weighted by Gasteiger charge is 2.30. The van der Waals surface area contributed by atoms with Crippen LogP contribution < -0.4 is 9.26 Å². The third kappa shape index (κ3) is 6.84. The van der Waals surface area contributed by atoms with Crippen molar-refractivity contribution in [1.29, 1.82) is 0 Å². The molecule has 0 aliphatic rings. The van der Waals surface area contributed by atoms with E-state index in [-0.39, 0.29) is 11.8 Å². The van der Waals surface area contributed by atoms with Crippen molar-refractivity contribution in [3.63, 3.8) is 0 Å². The molecule has 0 bridgehead atoms. The second-order valence-electron chi connectivity index (χ2n) is 15.9. The molecule has 7 aromatic rings. The predicted molar refractivity (Wildman–Crippen MR) is 223 cm³/mol. The van der Waals surface area contributed by atoms with Gasteiger partial charge < -0.3 is 22.4 Å². The maximum absolute atomic E-state index is 13.5. The first kappa shape index (κ1) is 37.1. The van der Waals surface area contributed by atoms with Crippen molar-refractivity contribution >= 4 is 57.9 Å². The molecule has 1 heterocycles. The Morgan fingerprint density at radius 1 is 0.630 bits per heavy atom. The smallest absolute Gasteiger partial charge is 0.428 e. The highest BCUT2D eigenvalue weighted by Crippen LogP contribution is 2.52. The minimum Gasteiger partial charge on any atom is -0.428 e. The molecular formula is C47H49O6P. The van der Waals surface area contributed by atoms with Crippen molar-refractivity contribution in [3.8, 4) is 22.6 Å². The van der Waals surface area contributed by atoms with E-state index in [4.69, 9.17) is 22.4 Å². The highest BCUT2D eigenvalue weighted by molar-refractivity contribution is 7.32. The Morgan fingerprint density at radius 2 is 1.07 bits per heavy atom. The molecule has 0 aliphatic heterocycles. The SMILES string of the molecule is Cc1cc(C(C)C)c(OC(=O)OC(C)(C)C)c(-c2c(C)c(C)cc(C(C)C)c2Op2oc3ccc4ccccc4c3c3c(ccc4ccccc43)o2)c1C. The molecule has 0 radical (unpaired) electrons. The normalized spacial score (nSPS) is 12.0. The van der Waals surface area contributed by atoms with Crippen LogP contribution in [-0.2, 0) is 4.74 Å². The lowest BCUT2D eigenvalue weighted by Crippen LogP contribution is -2.26.